The van der Waals surface area contributed by atoms with Gasteiger partial charge in [0.1, 0.15) is 23.2 Å². The Morgan fingerprint density at radius 2 is 1.71 bits per heavy atom. The summed E-state index contributed by atoms with van der Waals surface area (Å²) >= 11 is 0. The normalized spacial score (nSPS) is 22.6. The Kier molecular flexibility index (Phi) is 4.84. The molecule has 0 N–H and O–H groups in total. The number of fused-ring (bicyclic) bond motifs is 4. The van der Waals surface area contributed by atoms with E-state index in [1.54, 1.807) is 12.3 Å². The van der Waals surface area contributed by atoms with Crippen molar-refractivity contribution in [1.82, 2.24) is 0 Å². The molecule has 190 valence electrons. The highest BCUT2D eigenvalue weighted by molar-refractivity contribution is 6.03. The highest BCUT2D eigenvalue weighted by atomic mass is 16.7. The molecule has 0 radical (unpaired) electrons. The topological polar surface area (TPSA) is 58.9 Å². The Balaban J connectivity index is 1.36. The molecule has 3 heterocycles. The van der Waals surface area contributed by atoms with Crippen molar-refractivity contribution in [3.63, 3.8) is 0 Å². The van der Waals surface area contributed by atoms with E-state index in [2.05, 4.69) is 54.2 Å². The van der Waals surface area contributed by atoms with Crippen LogP contribution in [-0.4, -0.2) is 32.3 Å². The number of hydrazone groups is 1. The van der Waals surface area contributed by atoms with Gasteiger partial charge in [-0.3, -0.25) is 4.99 Å². The van der Waals surface area contributed by atoms with E-state index in [0.29, 0.717) is 11.4 Å². The molecule has 2 atom stereocenters. The molecule has 0 fully saturated rings. The number of benzene rings is 4. The van der Waals surface area contributed by atoms with Crippen LogP contribution in [0.2, 0.25) is 0 Å². The van der Waals surface area contributed by atoms with Gasteiger partial charge in [0.15, 0.2) is 5.75 Å². The molecule has 38 heavy (non-hydrogen) atoms. The standard InChI is InChI=1S/C31H28N4O3/c1-30(2)24-17-22(36-4)14-15-25(24)34(3)31(30)19-32-28-23-13-9-8-12-21(23)16-26(29(28)37-31)35-33-18-27(38-35)20-10-6-5-7-11-20/h5-19,27H,1-4H3. The average Bonchev–Trinajstić information content (AvgIpc) is 3.51. The van der Waals surface area contributed by atoms with Gasteiger partial charge in [0, 0.05) is 18.1 Å². The highest BCUT2D eigenvalue weighted by Gasteiger charge is 2.59. The molecule has 2 unspecified atom stereocenters. The van der Waals surface area contributed by atoms with Crippen LogP contribution in [0.1, 0.15) is 31.1 Å². The quantitative estimate of drug-likeness (QED) is 0.317. The molecule has 4 aromatic rings. The lowest BCUT2D eigenvalue weighted by molar-refractivity contribution is 0.0735. The van der Waals surface area contributed by atoms with E-state index in [9.17, 15) is 0 Å². The van der Waals surface area contributed by atoms with Crippen molar-refractivity contribution in [3.05, 3.63) is 90.0 Å². The summed E-state index contributed by atoms with van der Waals surface area (Å²) in [6.45, 7) is 4.37. The van der Waals surface area contributed by atoms with Crippen LogP contribution in [0.15, 0.2) is 89.0 Å². The number of ether oxygens (including phenoxy) is 2. The van der Waals surface area contributed by atoms with E-state index >= 15 is 0 Å². The summed E-state index contributed by atoms with van der Waals surface area (Å²) in [5.41, 5.74) is 3.41. The molecule has 0 amide bonds. The monoisotopic (exact) mass is 504 g/mol. The number of hydrogen-bond acceptors (Lipinski definition) is 7. The minimum atomic E-state index is -0.867. The molecule has 7 nitrogen and oxygen atoms in total. The fourth-order valence-electron chi connectivity index (χ4n) is 5.86. The fourth-order valence-corrected chi connectivity index (χ4v) is 5.86. The highest BCUT2D eigenvalue weighted by Crippen LogP contribution is 2.57. The Morgan fingerprint density at radius 1 is 0.921 bits per heavy atom. The Bertz CT molecular complexity index is 1630. The van der Waals surface area contributed by atoms with Crippen LogP contribution in [0.3, 0.4) is 0 Å². The first kappa shape index (κ1) is 22.8. The van der Waals surface area contributed by atoms with E-state index in [4.69, 9.17) is 19.3 Å². The van der Waals surface area contributed by atoms with Crippen molar-refractivity contribution >= 4 is 40.3 Å². The van der Waals surface area contributed by atoms with E-state index in [0.717, 1.165) is 39.0 Å². The van der Waals surface area contributed by atoms with Gasteiger partial charge >= 0.3 is 0 Å². The Morgan fingerprint density at radius 3 is 2.53 bits per heavy atom. The summed E-state index contributed by atoms with van der Waals surface area (Å²) < 4.78 is 12.6. The van der Waals surface area contributed by atoms with Crippen molar-refractivity contribution < 1.29 is 14.3 Å². The second-order valence-corrected chi connectivity index (χ2v) is 10.4. The molecule has 0 bridgehead atoms. The third-order valence-corrected chi connectivity index (χ3v) is 8.07. The number of aliphatic imine (C=N–C) groups is 1. The maximum Gasteiger partial charge on any atom is 0.228 e. The molecule has 0 aliphatic carbocycles. The van der Waals surface area contributed by atoms with Crippen LogP contribution in [0.4, 0.5) is 17.1 Å². The predicted octanol–water partition coefficient (Wildman–Crippen LogP) is 6.55. The molecule has 1 spiro atoms. The molecular weight excluding hydrogens is 476 g/mol. The van der Waals surface area contributed by atoms with Gasteiger partial charge in [-0.2, -0.15) is 5.10 Å². The zero-order valence-corrected chi connectivity index (χ0v) is 21.8. The van der Waals surface area contributed by atoms with Crippen LogP contribution >= 0.6 is 0 Å². The molecule has 3 aliphatic heterocycles. The molecular formula is C31H28N4O3. The molecule has 3 aliphatic rings. The number of hydrogen-bond donors (Lipinski definition) is 0. The number of nitrogens with zero attached hydrogens (tertiary/aromatic N) is 4. The Hall–Kier alpha value is -4.36. The first-order valence-electron chi connectivity index (χ1n) is 12.7. The second kappa shape index (κ2) is 8.07. The van der Waals surface area contributed by atoms with Crippen molar-refractivity contribution in [1.29, 1.82) is 0 Å². The third kappa shape index (κ3) is 3.05. The number of rotatable bonds is 3. The van der Waals surface area contributed by atoms with Crippen molar-refractivity contribution in [2.45, 2.75) is 31.1 Å². The lowest BCUT2D eigenvalue weighted by Gasteiger charge is -2.45. The van der Waals surface area contributed by atoms with Crippen LogP contribution in [0.5, 0.6) is 11.5 Å². The van der Waals surface area contributed by atoms with E-state index < -0.39 is 11.1 Å². The van der Waals surface area contributed by atoms with Gasteiger partial charge < -0.3 is 14.4 Å². The smallest absolute Gasteiger partial charge is 0.228 e. The Labute approximate surface area is 221 Å². The largest absolute Gasteiger partial charge is 0.497 e. The summed E-state index contributed by atoms with van der Waals surface area (Å²) in [6.07, 6.45) is 3.47. The zero-order chi connectivity index (χ0) is 26.1. The molecule has 4 aromatic carbocycles. The van der Waals surface area contributed by atoms with Gasteiger partial charge in [0.2, 0.25) is 5.72 Å². The first-order valence-corrected chi connectivity index (χ1v) is 12.7. The third-order valence-electron chi connectivity index (χ3n) is 8.07. The number of methoxy groups -OCH3 is 1. The van der Waals surface area contributed by atoms with Crippen molar-refractivity contribution in [2.24, 2.45) is 10.1 Å². The zero-order valence-electron chi connectivity index (χ0n) is 21.8. The summed E-state index contributed by atoms with van der Waals surface area (Å²) in [5.74, 6) is 1.45. The summed E-state index contributed by atoms with van der Waals surface area (Å²) in [6, 6.07) is 26.5. The van der Waals surface area contributed by atoms with Gasteiger partial charge in [-0.15, -0.1) is 5.17 Å². The van der Waals surface area contributed by atoms with E-state index in [-0.39, 0.29) is 6.10 Å². The van der Waals surface area contributed by atoms with Gasteiger partial charge in [-0.05, 0) is 54.6 Å². The van der Waals surface area contributed by atoms with Gasteiger partial charge in [-0.1, -0.05) is 54.6 Å². The average molecular weight is 505 g/mol. The van der Waals surface area contributed by atoms with Gasteiger partial charge in [-0.25, -0.2) is 4.84 Å². The molecule has 7 rings (SSSR count). The minimum Gasteiger partial charge on any atom is -0.497 e. The van der Waals surface area contributed by atoms with Gasteiger partial charge in [0.25, 0.3) is 0 Å². The van der Waals surface area contributed by atoms with Crippen molar-refractivity contribution in [2.75, 3.05) is 24.2 Å². The molecule has 0 aromatic heterocycles. The molecule has 7 heteroatoms. The number of likely N-dealkylation sites (N-methyl/N-ethyl adjacent to an activating group) is 1. The maximum absolute atomic E-state index is 7.10. The van der Waals surface area contributed by atoms with Crippen LogP contribution in [0.25, 0.3) is 10.8 Å². The minimum absolute atomic E-state index is 0.290. The summed E-state index contributed by atoms with van der Waals surface area (Å²) in [5, 5.41) is 8.25. The van der Waals surface area contributed by atoms with Crippen LogP contribution in [0, 0.1) is 0 Å². The second-order valence-electron chi connectivity index (χ2n) is 10.4. The molecule has 0 saturated carbocycles. The van der Waals surface area contributed by atoms with Crippen molar-refractivity contribution in [3.8, 4) is 11.5 Å². The predicted molar refractivity (Wildman–Crippen MR) is 151 cm³/mol. The fraction of sp³-hybridized carbons (Fsp3) is 0.226. The van der Waals surface area contributed by atoms with Crippen LogP contribution in [-0.2, 0) is 10.3 Å². The summed E-state index contributed by atoms with van der Waals surface area (Å²) in [4.78, 5) is 13.6. The maximum atomic E-state index is 7.10. The summed E-state index contributed by atoms with van der Waals surface area (Å²) in [7, 11) is 3.74. The number of anilines is 2. The lowest BCUT2D eigenvalue weighted by Crippen LogP contribution is -2.61. The van der Waals surface area contributed by atoms with Gasteiger partial charge in [0.05, 0.1) is 25.0 Å². The lowest BCUT2D eigenvalue weighted by atomic mass is 9.77. The van der Waals surface area contributed by atoms with E-state index in [1.165, 1.54) is 0 Å². The van der Waals surface area contributed by atoms with E-state index in [1.807, 2.05) is 68.0 Å². The molecule has 0 saturated heterocycles. The van der Waals surface area contributed by atoms with Crippen LogP contribution < -0.4 is 19.5 Å². The SMILES string of the molecule is COc1ccc2c(c1)C(C)(C)C1(C=Nc3c(c(N4N=CC(c5ccccc5)O4)cc4ccccc34)O1)N2C. The first-order chi connectivity index (χ1) is 18.4.